The maximum atomic E-state index is 11.3. The Labute approximate surface area is 95.0 Å². The van der Waals surface area contributed by atoms with Crippen LogP contribution in [0, 0.1) is 5.92 Å². The van der Waals surface area contributed by atoms with Crippen LogP contribution in [0.2, 0.25) is 0 Å². The van der Waals surface area contributed by atoms with E-state index < -0.39 is 0 Å². The topological polar surface area (TPSA) is 29.1 Å². The molecule has 0 aromatic heterocycles. The predicted molar refractivity (Wildman–Crippen MR) is 62.6 cm³/mol. The highest BCUT2D eigenvalue weighted by Crippen LogP contribution is 2.27. The third-order valence-electron chi connectivity index (χ3n) is 3.13. The summed E-state index contributed by atoms with van der Waals surface area (Å²) >= 11 is 3.18. The molecular formula is C11H20BrNO. The van der Waals surface area contributed by atoms with Crippen molar-refractivity contribution in [3.05, 3.63) is 0 Å². The van der Waals surface area contributed by atoms with E-state index in [2.05, 4.69) is 28.2 Å². The highest BCUT2D eigenvalue weighted by Gasteiger charge is 2.23. The average molecular weight is 262 g/mol. The molecule has 14 heavy (non-hydrogen) atoms. The van der Waals surface area contributed by atoms with Gasteiger partial charge in [-0.25, -0.2) is 0 Å². The molecular weight excluding hydrogens is 242 g/mol. The molecule has 1 fully saturated rings. The minimum atomic E-state index is 0.127. The van der Waals surface area contributed by atoms with Crippen molar-refractivity contribution in [3.63, 3.8) is 0 Å². The molecule has 0 radical (unpaired) electrons. The smallest absolute Gasteiger partial charge is 0.230 e. The van der Waals surface area contributed by atoms with Crippen molar-refractivity contribution in [1.82, 2.24) is 5.32 Å². The van der Waals surface area contributed by atoms with Gasteiger partial charge in [-0.1, -0.05) is 42.1 Å². The van der Waals surface area contributed by atoms with Crippen LogP contribution in [0.1, 0.15) is 45.4 Å². The molecule has 0 spiro atoms. The first-order valence-electron chi connectivity index (χ1n) is 5.63. The molecule has 1 N–H and O–H groups in total. The van der Waals surface area contributed by atoms with Gasteiger partial charge in [0.2, 0.25) is 5.91 Å². The summed E-state index contributed by atoms with van der Waals surface area (Å²) in [5.41, 5.74) is 0. The van der Waals surface area contributed by atoms with E-state index in [0.717, 1.165) is 12.3 Å². The van der Waals surface area contributed by atoms with E-state index in [1.807, 2.05) is 0 Å². The zero-order valence-electron chi connectivity index (χ0n) is 8.89. The van der Waals surface area contributed by atoms with Crippen molar-refractivity contribution in [2.75, 3.05) is 5.33 Å². The lowest BCUT2D eigenvalue weighted by Gasteiger charge is -2.30. The van der Waals surface area contributed by atoms with Crippen molar-refractivity contribution in [1.29, 1.82) is 0 Å². The highest BCUT2D eigenvalue weighted by atomic mass is 79.9. The Hall–Kier alpha value is -0.0500. The number of carbonyl (C=O) groups is 1. The van der Waals surface area contributed by atoms with Gasteiger partial charge in [0, 0.05) is 6.04 Å². The number of halogens is 1. The summed E-state index contributed by atoms with van der Waals surface area (Å²) < 4.78 is 0. The lowest BCUT2D eigenvalue weighted by molar-refractivity contribution is -0.119. The first-order chi connectivity index (χ1) is 6.77. The van der Waals surface area contributed by atoms with E-state index in [9.17, 15) is 4.79 Å². The zero-order chi connectivity index (χ0) is 10.4. The minimum absolute atomic E-state index is 0.127. The summed E-state index contributed by atoms with van der Waals surface area (Å²) in [4.78, 5) is 11.3. The molecule has 0 aromatic rings. The van der Waals surface area contributed by atoms with Crippen LogP contribution in [0.4, 0.5) is 0 Å². The minimum Gasteiger partial charge on any atom is -0.352 e. The first kappa shape index (κ1) is 12.0. The van der Waals surface area contributed by atoms with Crippen LogP contribution >= 0.6 is 15.9 Å². The lowest BCUT2D eigenvalue weighted by Crippen LogP contribution is -2.41. The Kier molecular flexibility index (Phi) is 5.53. The van der Waals surface area contributed by atoms with Crippen LogP contribution in [0.5, 0.6) is 0 Å². The van der Waals surface area contributed by atoms with Crippen molar-refractivity contribution < 1.29 is 4.79 Å². The van der Waals surface area contributed by atoms with Crippen LogP contribution in [0.15, 0.2) is 0 Å². The molecule has 0 saturated heterocycles. The second-order valence-corrected chi connectivity index (χ2v) is 4.67. The normalized spacial score (nSPS) is 20.4. The fourth-order valence-corrected chi connectivity index (χ4v) is 2.50. The highest BCUT2D eigenvalue weighted by molar-refractivity contribution is 9.09. The molecule has 0 aliphatic heterocycles. The fourth-order valence-electron chi connectivity index (χ4n) is 2.34. The van der Waals surface area contributed by atoms with Gasteiger partial charge in [0.05, 0.1) is 5.33 Å². The summed E-state index contributed by atoms with van der Waals surface area (Å²) in [6.45, 7) is 2.16. The summed E-state index contributed by atoms with van der Waals surface area (Å²) in [6, 6.07) is 0.403. The quantitative estimate of drug-likeness (QED) is 0.775. The summed E-state index contributed by atoms with van der Waals surface area (Å²) in [5.74, 6) is 0.846. The van der Waals surface area contributed by atoms with Gasteiger partial charge in [-0.15, -0.1) is 0 Å². The molecule has 1 rings (SSSR count). The second kappa shape index (κ2) is 6.44. The van der Waals surface area contributed by atoms with E-state index in [4.69, 9.17) is 0 Å². The predicted octanol–water partition coefficient (Wildman–Crippen LogP) is 2.86. The van der Waals surface area contributed by atoms with Crippen LogP contribution in [0.3, 0.4) is 0 Å². The molecule has 1 unspecified atom stereocenters. The van der Waals surface area contributed by atoms with Gasteiger partial charge in [0.1, 0.15) is 0 Å². The van der Waals surface area contributed by atoms with E-state index in [-0.39, 0.29) is 5.91 Å². The summed E-state index contributed by atoms with van der Waals surface area (Å²) in [7, 11) is 0. The number of amides is 1. The van der Waals surface area contributed by atoms with Crippen LogP contribution < -0.4 is 5.32 Å². The van der Waals surface area contributed by atoms with Crippen LogP contribution in [-0.2, 0) is 4.79 Å². The largest absolute Gasteiger partial charge is 0.352 e. The van der Waals surface area contributed by atoms with Crippen molar-refractivity contribution in [2.45, 2.75) is 51.5 Å². The molecule has 0 aromatic carbocycles. The molecule has 1 amide bonds. The standard InChI is InChI=1S/C11H20BrNO/c1-2-10(13-11(14)8-12)9-6-4-3-5-7-9/h9-10H,2-8H2,1H3,(H,13,14). The maximum absolute atomic E-state index is 11.3. The van der Waals surface area contributed by atoms with E-state index >= 15 is 0 Å². The summed E-state index contributed by atoms with van der Waals surface area (Å²) in [5, 5.41) is 3.53. The molecule has 1 atom stereocenters. The number of carbonyl (C=O) groups excluding carboxylic acids is 1. The monoisotopic (exact) mass is 261 g/mol. The third kappa shape index (κ3) is 3.60. The third-order valence-corrected chi connectivity index (χ3v) is 3.64. The summed E-state index contributed by atoms with van der Waals surface area (Å²) in [6.07, 6.45) is 7.70. The molecule has 0 heterocycles. The SMILES string of the molecule is CCC(NC(=O)CBr)C1CCCCC1. The molecule has 82 valence electrons. The molecule has 1 aliphatic rings. The number of rotatable bonds is 4. The van der Waals surface area contributed by atoms with Gasteiger partial charge >= 0.3 is 0 Å². The van der Waals surface area contributed by atoms with E-state index in [1.165, 1.54) is 32.1 Å². The van der Waals surface area contributed by atoms with Crippen LogP contribution in [-0.4, -0.2) is 17.3 Å². The molecule has 1 saturated carbocycles. The van der Waals surface area contributed by atoms with Gasteiger partial charge < -0.3 is 5.32 Å². The van der Waals surface area contributed by atoms with Crippen molar-refractivity contribution in [3.8, 4) is 0 Å². The molecule has 0 bridgehead atoms. The maximum Gasteiger partial charge on any atom is 0.230 e. The lowest BCUT2D eigenvalue weighted by atomic mass is 9.83. The number of hydrogen-bond acceptors (Lipinski definition) is 1. The zero-order valence-corrected chi connectivity index (χ0v) is 10.5. The Morgan fingerprint density at radius 3 is 2.57 bits per heavy atom. The molecule has 3 heteroatoms. The van der Waals surface area contributed by atoms with Gasteiger partial charge in [0.15, 0.2) is 0 Å². The Balaban J connectivity index is 2.39. The Morgan fingerprint density at radius 1 is 1.43 bits per heavy atom. The Morgan fingerprint density at radius 2 is 2.07 bits per heavy atom. The van der Waals surface area contributed by atoms with Crippen molar-refractivity contribution >= 4 is 21.8 Å². The number of nitrogens with one attached hydrogen (secondary N) is 1. The van der Waals surface area contributed by atoms with E-state index in [1.54, 1.807) is 0 Å². The van der Waals surface area contributed by atoms with Gasteiger partial charge in [-0.05, 0) is 25.2 Å². The number of alkyl halides is 1. The second-order valence-electron chi connectivity index (χ2n) is 4.11. The molecule has 2 nitrogen and oxygen atoms in total. The number of hydrogen-bond donors (Lipinski definition) is 1. The van der Waals surface area contributed by atoms with Crippen molar-refractivity contribution in [2.24, 2.45) is 5.92 Å². The fraction of sp³-hybridized carbons (Fsp3) is 0.909. The van der Waals surface area contributed by atoms with Gasteiger partial charge in [0.25, 0.3) is 0 Å². The van der Waals surface area contributed by atoms with Crippen LogP contribution in [0.25, 0.3) is 0 Å². The average Bonchev–Trinajstić information content (AvgIpc) is 2.26. The Bertz CT molecular complexity index is 178. The molecule has 1 aliphatic carbocycles. The first-order valence-corrected chi connectivity index (χ1v) is 6.75. The van der Waals surface area contributed by atoms with Gasteiger partial charge in [-0.3, -0.25) is 4.79 Å². The van der Waals surface area contributed by atoms with E-state index in [0.29, 0.717) is 11.4 Å². The van der Waals surface area contributed by atoms with Gasteiger partial charge in [-0.2, -0.15) is 0 Å².